The van der Waals surface area contributed by atoms with Gasteiger partial charge in [0.1, 0.15) is 5.82 Å². The molecule has 0 bridgehead atoms. The van der Waals surface area contributed by atoms with Crippen molar-refractivity contribution in [3.05, 3.63) is 59.4 Å². The fourth-order valence-electron chi connectivity index (χ4n) is 1.72. The third kappa shape index (κ3) is 3.78. The van der Waals surface area contributed by atoms with E-state index in [1.165, 1.54) is 24.3 Å². The molecular formula is C14H8F4N2O2S. The summed E-state index contributed by atoms with van der Waals surface area (Å²) in [7, 11) is -4.33. The van der Waals surface area contributed by atoms with Crippen molar-refractivity contribution in [1.82, 2.24) is 0 Å². The smallest absolute Gasteiger partial charge is 0.280 e. The molecule has 0 aliphatic carbocycles. The molecule has 9 heteroatoms. The zero-order chi connectivity index (χ0) is 17.3. The summed E-state index contributed by atoms with van der Waals surface area (Å²) in [6, 6.07) is 8.47. The van der Waals surface area contributed by atoms with Gasteiger partial charge in [-0.3, -0.25) is 4.72 Å². The molecule has 0 saturated carbocycles. The Morgan fingerprint density at radius 3 is 2.17 bits per heavy atom. The maximum Gasteiger partial charge on any atom is 0.419 e. The van der Waals surface area contributed by atoms with Gasteiger partial charge in [0.25, 0.3) is 10.0 Å². The van der Waals surface area contributed by atoms with Crippen LogP contribution < -0.4 is 4.72 Å². The van der Waals surface area contributed by atoms with Gasteiger partial charge in [-0.15, -0.1) is 0 Å². The van der Waals surface area contributed by atoms with E-state index in [4.69, 9.17) is 5.26 Å². The van der Waals surface area contributed by atoms with E-state index in [9.17, 15) is 26.0 Å². The molecular weight excluding hydrogens is 336 g/mol. The van der Waals surface area contributed by atoms with E-state index in [-0.39, 0.29) is 17.3 Å². The van der Waals surface area contributed by atoms with Crippen LogP contribution in [0, 0.1) is 17.1 Å². The molecule has 0 aliphatic heterocycles. The van der Waals surface area contributed by atoms with Crippen LogP contribution in [0.3, 0.4) is 0 Å². The number of nitrogens with one attached hydrogen (secondary N) is 1. The highest BCUT2D eigenvalue weighted by Gasteiger charge is 2.35. The summed E-state index contributed by atoms with van der Waals surface area (Å²) in [5, 5.41) is 8.64. The molecule has 0 unspecified atom stereocenters. The van der Waals surface area contributed by atoms with Crippen LogP contribution in [0.15, 0.2) is 47.4 Å². The van der Waals surface area contributed by atoms with Crippen molar-refractivity contribution in [3.63, 3.8) is 0 Å². The van der Waals surface area contributed by atoms with E-state index in [1.807, 2.05) is 6.07 Å². The van der Waals surface area contributed by atoms with E-state index in [0.29, 0.717) is 6.07 Å². The summed E-state index contributed by atoms with van der Waals surface area (Å²) in [6.45, 7) is 0. The van der Waals surface area contributed by atoms with Gasteiger partial charge < -0.3 is 0 Å². The average Bonchev–Trinajstić information content (AvgIpc) is 2.46. The zero-order valence-corrected chi connectivity index (χ0v) is 12.0. The van der Waals surface area contributed by atoms with Crippen molar-refractivity contribution in [2.45, 2.75) is 11.1 Å². The molecule has 23 heavy (non-hydrogen) atoms. The van der Waals surface area contributed by atoms with E-state index in [2.05, 4.69) is 4.72 Å². The normalized spacial score (nSPS) is 11.8. The van der Waals surface area contributed by atoms with Crippen molar-refractivity contribution in [2.24, 2.45) is 0 Å². The fraction of sp³-hybridized carbons (Fsp3) is 0.0714. The molecule has 0 aromatic heterocycles. The van der Waals surface area contributed by atoms with E-state index < -0.39 is 32.5 Å². The summed E-state index contributed by atoms with van der Waals surface area (Å²) in [4.78, 5) is -0.726. The van der Waals surface area contributed by atoms with Gasteiger partial charge in [-0.1, -0.05) is 0 Å². The van der Waals surface area contributed by atoms with E-state index in [0.717, 1.165) is 6.07 Å². The number of rotatable bonds is 3. The molecule has 0 spiro atoms. The maximum absolute atomic E-state index is 13.2. The average molecular weight is 344 g/mol. The van der Waals surface area contributed by atoms with Crippen LogP contribution in [-0.2, 0) is 16.2 Å². The van der Waals surface area contributed by atoms with Crippen molar-refractivity contribution < 1.29 is 26.0 Å². The van der Waals surface area contributed by atoms with Crippen molar-refractivity contribution in [3.8, 4) is 6.07 Å². The van der Waals surface area contributed by atoms with Gasteiger partial charge in [0.2, 0.25) is 0 Å². The minimum atomic E-state index is -5.01. The Hall–Kier alpha value is -2.60. The number of hydrogen-bond acceptors (Lipinski definition) is 3. The largest absolute Gasteiger partial charge is 0.419 e. The molecule has 0 aliphatic rings. The molecule has 0 heterocycles. The van der Waals surface area contributed by atoms with Gasteiger partial charge in [0.15, 0.2) is 0 Å². The quantitative estimate of drug-likeness (QED) is 0.866. The predicted molar refractivity (Wildman–Crippen MR) is 73.4 cm³/mol. The Bertz CT molecular complexity index is 869. The lowest BCUT2D eigenvalue weighted by Gasteiger charge is -2.12. The van der Waals surface area contributed by atoms with E-state index >= 15 is 0 Å². The van der Waals surface area contributed by atoms with Gasteiger partial charge in [-0.25, -0.2) is 12.8 Å². The Balaban J connectivity index is 2.38. The molecule has 4 nitrogen and oxygen atoms in total. The van der Waals surface area contributed by atoms with Gasteiger partial charge >= 0.3 is 6.18 Å². The van der Waals surface area contributed by atoms with Crippen LogP contribution in [0.4, 0.5) is 23.2 Å². The third-order valence-electron chi connectivity index (χ3n) is 2.82. The molecule has 0 fully saturated rings. The summed E-state index contributed by atoms with van der Waals surface area (Å²) < 4.78 is 77.3. The molecule has 0 atom stereocenters. The summed E-state index contributed by atoms with van der Waals surface area (Å²) >= 11 is 0. The summed E-state index contributed by atoms with van der Waals surface area (Å²) in [5.41, 5.74) is -1.32. The van der Waals surface area contributed by atoms with Gasteiger partial charge in [-0.2, -0.15) is 18.4 Å². The monoisotopic (exact) mass is 344 g/mol. The van der Waals surface area contributed by atoms with Crippen LogP contribution in [0.1, 0.15) is 11.1 Å². The fourth-order valence-corrected chi connectivity index (χ4v) is 2.80. The number of hydrogen-bond donors (Lipinski definition) is 1. The van der Waals surface area contributed by atoms with Crippen LogP contribution in [-0.4, -0.2) is 8.42 Å². The standard InChI is InChI=1S/C14H8F4N2O2S/c15-13-6-5-11(7-12(13)14(16,17)18)23(21,22)20-10-3-1-9(8-19)2-4-10/h1-7,20H. The Kier molecular flexibility index (Phi) is 4.29. The van der Waals surface area contributed by atoms with Gasteiger partial charge in [0, 0.05) is 5.69 Å². The summed E-state index contributed by atoms with van der Waals surface area (Å²) in [6.07, 6.45) is -5.01. The van der Waals surface area contributed by atoms with Gasteiger partial charge in [-0.05, 0) is 42.5 Å². The molecule has 2 aromatic rings. The second-order valence-corrected chi connectivity index (χ2v) is 6.12. The molecule has 0 radical (unpaired) electrons. The molecule has 120 valence electrons. The predicted octanol–water partition coefficient (Wildman–Crippen LogP) is 3.52. The number of alkyl halides is 3. The number of anilines is 1. The van der Waals surface area contributed by atoms with Gasteiger partial charge in [0.05, 0.1) is 22.1 Å². The van der Waals surface area contributed by atoms with E-state index in [1.54, 1.807) is 0 Å². The first-order valence-electron chi connectivity index (χ1n) is 6.03. The lowest BCUT2D eigenvalue weighted by molar-refractivity contribution is -0.140. The Morgan fingerprint density at radius 2 is 1.65 bits per heavy atom. The zero-order valence-electron chi connectivity index (χ0n) is 11.2. The molecule has 0 saturated heterocycles. The third-order valence-corrected chi connectivity index (χ3v) is 4.20. The maximum atomic E-state index is 13.2. The second kappa shape index (κ2) is 5.89. The first kappa shape index (κ1) is 16.8. The number of nitrogens with zero attached hydrogens (tertiary/aromatic N) is 1. The highest BCUT2D eigenvalue weighted by atomic mass is 32.2. The minimum absolute atomic E-state index is 0.0573. The highest BCUT2D eigenvalue weighted by molar-refractivity contribution is 7.92. The Morgan fingerprint density at radius 1 is 1.04 bits per heavy atom. The van der Waals surface area contributed by atoms with Crippen molar-refractivity contribution in [1.29, 1.82) is 5.26 Å². The first-order valence-corrected chi connectivity index (χ1v) is 7.51. The molecule has 1 N–H and O–H groups in total. The topological polar surface area (TPSA) is 70.0 Å². The second-order valence-electron chi connectivity index (χ2n) is 4.43. The lowest BCUT2D eigenvalue weighted by atomic mass is 10.2. The van der Waals surface area contributed by atoms with Crippen molar-refractivity contribution in [2.75, 3.05) is 4.72 Å². The van der Waals surface area contributed by atoms with Crippen LogP contribution in [0.25, 0.3) is 0 Å². The minimum Gasteiger partial charge on any atom is -0.280 e. The number of benzene rings is 2. The van der Waals surface area contributed by atoms with Crippen molar-refractivity contribution >= 4 is 15.7 Å². The molecule has 2 aromatic carbocycles. The van der Waals surface area contributed by atoms with Crippen LogP contribution in [0.2, 0.25) is 0 Å². The number of sulfonamides is 1. The SMILES string of the molecule is N#Cc1ccc(NS(=O)(=O)c2ccc(F)c(C(F)(F)F)c2)cc1. The molecule has 2 rings (SSSR count). The highest BCUT2D eigenvalue weighted by Crippen LogP contribution is 2.33. The van der Waals surface area contributed by atoms with Crippen LogP contribution >= 0.6 is 0 Å². The number of nitriles is 1. The van der Waals surface area contributed by atoms with Crippen LogP contribution in [0.5, 0.6) is 0 Å². The molecule has 0 amide bonds. The summed E-state index contributed by atoms with van der Waals surface area (Å²) in [5.74, 6) is -1.56. The Labute approximate surface area is 129 Å². The number of halogens is 4. The lowest BCUT2D eigenvalue weighted by Crippen LogP contribution is -2.15. The first-order chi connectivity index (χ1) is 10.6.